The topological polar surface area (TPSA) is 54.6 Å². The Labute approximate surface area is 109 Å². The van der Waals surface area contributed by atoms with Crippen LogP contribution in [0.2, 0.25) is 0 Å². The van der Waals surface area contributed by atoms with Crippen molar-refractivity contribution < 1.29 is 9.90 Å². The third-order valence-electron chi connectivity index (χ3n) is 3.02. The highest BCUT2D eigenvalue weighted by Gasteiger charge is 2.07. The molecule has 0 aliphatic rings. The van der Waals surface area contributed by atoms with Crippen molar-refractivity contribution in [2.75, 3.05) is 0 Å². The van der Waals surface area contributed by atoms with E-state index in [0.717, 1.165) is 22.2 Å². The van der Waals surface area contributed by atoms with Gasteiger partial charge >= 0.3 is 5.97 Å². The Morgan fingerprint density at radius 2 is 2.11 bits per heavy atom. The number of fused-ring (bicyclic) bond motifs is 1. The Morgan fingerprint density at radius 1 is 1.21 bits per heavy atom. The normalized spacial score (nSPS) is 10.7. The fourth-order valence-corrected chi connectivity index (χ4v) is 2.18. The molecule has 4 nitrogen and oxygen atoms in total. The predicted molar refractivity (Wildman–Crippen MR) is 72.0 cm³/mol. The van der Waals surface area contributed by atoms with Crippen molar-refractivity contribution in [2.45, 2.75) is 6.42 Å². The first-order valence-electron chi connectivity index (χ1n) is 5.97. The Hall–Kier alpha value is -2.62. The van der Waals surface area contributed by atoms with E-state index in [2.05, 4.69) is 5.10 Å². The predicted octanol–water partition coefficient (Wildman–Crippen LogP) is 2.63. The van der Waals surface area contributed by atoms with Crippen molar-refractivity contribution >= 4 is 11.5 Å². The highest BCUT2D eigenvalue weighted by molar-refractivity contribution is 5.80. The molecular formula is C15H12N2O2. The van der Waals surface area contributed by atoms with Gasteiger partial charge in [-0.2, -0.15) is 5.10 Å². The lowest BCUT2D eigenvalue weighted by atomic mass is 10.0. The Bertz CT molecular complexity index is 746. The molecular weight excluding hydrogens is 240 g/mol. The average molecular weight is 252 g/mol. The monoisotopic (exact) mass is 252 g/mol. The van der Waals surface area contributed by atoms with Gasteiger partial charge in [0.15, 0.2) is 0 Å². The molecule has 0 spiro atoms. The van der Waals surface area contributed by atoms with E-state index in [-0.39, 0.29) is 6.42 Å². The van der Waals surface area contributed by atoms with Crippen LogP contribution >= 0.6 is 0 Å². The molecule has 0 radical (unpaired) electrons. The molecule has 0 aliphatic carbocycles. The lowest BCUT2D eigenvalue weighted by Gasteiger charge is -2.02. The van der Waals surface area contributed by atoms with Crippen LogP contribution in [-0.4, -0.2) is 20.7 Å². The SMILES string of the molecule is O=C(O)Cc1cccc(-c2cnn3ccccc23)c1. The largest absolute Gasteiger partial charge is 0.481 e. The standard InChI is InChI=1S/C15H12N2O2/c18-15(19)9-11-4-3-5-12(8-11)13-10-16-17-7-2-1-6-14(13)17/h1-8,10H,9H2,(H,18,19). The second kappa shape index (κ2) is 4.57. The van der Waals surface area contributed by atoms with Gasteiger partial charge < -0.3 is 5.11 Å². The van der Waals surface area contributed by atoms with Gasteiger partial charge in [-0.15, -0.1) is 0 Å². The summed E-state index contributed by atoms with van der Waals surface area (Å²) in [5.74, 6) is -0.822. The second-order valence-corrected chi connectivity index (χ2v) is 4.36. The van der Waals surface area contributed by atoms with Crippen molar-refractivity contribution in [1.29, 1.82) is 0 Å². The summed E-state index contributed by atoms with van der Waals surface area (Å²) in [4.78, 5) is 10.8. The molecule has 1 aromatic carbocycles. The summed E-state index contributed by atoms with van der Waals surface area (Å²) in [7, 11) is 0. The molecule has 94 valence electrons. The van der Waals surface area contributed by atoms with Gasteiger partial charge in [-0.05, 0) is 23.3 Å². The first-order valence-corrected chi connectivity index (χ1v) is 5.97. The summed E-state index contributed by atoms with van der Waals surface area (Å²) in [6, 6.07) is 13.4. The fraction of sp³-hybridized carbons (Fsp3) is 0.0667. The molecule has 3 aromatic rings. The molecule has 2 aromatic heterocycles. The van der Waals surface area contributed by atoms with Crippen LogP contribution in [0.3, 0.4) is 0 Å². The Morgan fingerprint density at radius 3 is 2.95 bits per heavy atom. The maximum Gasteiger partial charge on any atom is 0.307 e. The highest BCUT2D eigenvalue weighted by atomic mass is 16.4. The lowest BCUT2D eigenvalue weighted by molar-refractivity contribution is -0.136. The molecule has 0 aliphatic heterocycles. The number of hydrogen-bond donors (Lipinski definition) is 1. The number of nitrogens with zero attached hydrogens (tertiary/aromatic N) is 2. The number of aliphatic carboxylic acids is 1. The summed E-state index contributed by atoms with van der Waals surface area (Å²) in [6.07, 6.45) is 3.72. The van der Waals surface area contributed by atoms with Crippen LogP contribution in [0, 0.1) is 0 Å². The first kappa shape index (κ1) is 11.5. The zero-order valence-electron chi connectivity index (χ0n) is 10.2. The summed E-state index contributed by atoms with van der Waals surface area (Å²) in [6.45, 7) is 0. The van der Waals surface area contributed by atoms with Crippen molar-refractivity contribution in [1.82, 2.24) is 9.61 Å². The number of carboxylic acids is 1. The molecule has 1 N–H and O–H groups in total. The van der Waals surface area contributed by atoms with Gasteiger partial charge in [0.1, 0.15) is 0 Å². The van der Waals surface area contributed by atoms with Crippen LogP contribution in [-0.2, 0) is 11.2 Å². The van der Waals surface area contributed by atoms with Crippen LogP contribution in [0.5, 0.6) is 0 Å². The number of rotatable bonds is 3. The Balaban J connectivity index is 2.09. The molecule has 0 fully saturated rings. The van der Waals surface area contributed by atoms with Crippen LogP contribution < -0.4 is 0 Å². The highest BCUT2D eigenvalue weighted by Crippen LogP contribution is 2.25. The molecule has 0 unspecified atom stereocenters. The van der Waals surface area contributed by atoms with Crippen LogP contribution in [0.25, 0.3) is 16.6 Å². The number of carbonyl (C=O) groups is 1. The summed E-state index contributed by atoms with van der Waals surface area (Å²) >= 11 is 0. The van der Waals surface area contributed by atoms with Gasteiger partial charge in [0, 0.05) is 11.8 Å². The first-order chi connectivity index (χ1) is 9.24. The number of carboxylic acid groups (broad SMARTS) is 1. The van der Waals surface area contributed by atoms with E-state index in [1.54, 1.807) is 10.7 Å². The van der Waals surface area contributed by atoms with Crippen molar-refractivity contribution in [3.05, 3.63) is 60.4 Å². The minimum absolute atomic E-state index is 0.0348. The van der Waals surface area contributed by atoms with Gasteiger partial charge in [-0.1, -0.05) is 30.3 Å². The molecule has 0 atom stereocenters. The van der Waals surface area contributed by atoms with Gasteiger partial charge in [-0.25, -0.2) is 4.52 Å². The minimum Gasteiger partial charge on any atom is -0.481 e. The smallest absolute Gasteiger partial charge is 0.307 e. The third-order valence-corrected chi connectivity index (χ3v) is 3.02. The third kappa shape index (κ3) is 2.20. The van der Waals surface area contributed by atoms with E-state index in [1.165, 1.54) is 0 Å². The number of aromatic nitrogens is 2. The fourth-order valence-electron chi connectivity index (χ4n) is 2.18. The average Bonchev–Trinajstić information content (AvgIpc) is 2.82. The van der Waals surface area contributed by atoms with E-state index in [1.807, 2.05) is 48.7 Å². The van der Waals surface area contributed by atoms with E-state index in [9.17, 15) is 4.79 Å². The van der Waals surface area contributed by atoms with Gasteiger partial charge in [-0.3, -0.25) is 4.79 Å². The number of benzene rings is 1. The second-order valence-electron chi connectivity index (χ2n) is 4.36. The van der Waals surface area contributed by atoms with E-state index in [4.69, 9.17) is 5.11 Å². The van der Waals surface area contributed by atoms with Crippen LogP contribution in [0.15, 0.2) is 54.9 Å². The molecule has 0 amide bonds. The van der Waals surface area contributed by atoms with Crippen LogP contribution in [0.1, 0.15) is 5.56 Å². The maximum atomic E-state index is 10.8. The lowest BCUT2D eigenvalue weighted by Crippen LogP contribution is -1.99. The number of hydrogen-bond acceptors (Lipinski definition) is 2. The van der Waals surface area contributed by atoms with Crippen molar-refractivity contribution in [2.24, 2.45) is 0 Å². The zero-order chi connectivity index (χ0) is 13.2. The number of pyridine rings is 1. The van der Waals surface area contributed by atoms with E-state index in [0.29, 0.717) is 0 Å². The van der Waals surface area contributed by atoms with Crippen molar-refractivity contribution in [3.8, 4) is 11.1 Å². The summed E-state index contributed by atoms with van der Waals surface area (Å²) in [5, 5.41) is 13.1. The quantitative estimate of drug-likeness (QED) is 0.779. The molecule has 19 heavy (non-hydrogen) atoms. The minimum atomic E-state index is -0.822. The molecule has 2 heterocycles. The van der Waals surface area contributed by atoms with Crippen molar-refractivity contribution in [3.63, 3.8) is 0 Å². The van der Waals surface area contributed by atoms with Crippen LogP contribution in [0.4, 0.5) is 0 Å². The maximum absolute atomic E-state index is 10.8. The molecule has 4 heteroatoms. The Kier molecular flexibility index (Phi) is 2.76. The van der Waals surface area contributed by atoms with E-state index >= 15 is 0 Å². The molecule has 0 saturated heterocycles. The summed E-state index contributed by atoms with van der Waals surface area (Å²) in [5.41, 5.74) is 3.79. The van der Waals surface area contributed by atoms with Gasteiger partial charge in [0.05, 0.1) is 18.1 Å². The van der Waals surface area contributed by atoms with E-state index < -0.39 is 5.97 Å². The van der Waals surface area contributed by atoms with Gasteiger partial charge in [0.2, 0.25) is 0 Å². The summed E-state index contributed by atoms with van der Waals surface area (Å²) < 4.78 is 1.80. The molecule has 3 rings (SSSR count). The zero-order valence-corrected chi connectivity index (χ0v) is 10.2. The molecule has 0 saturated carbocycles. The van der Waals surface area contributed by atoms with Gasteiger partial charge in [0.25, 0.3) is 0 Å². The molecule has 0 bridgehead atoms.